The summed E-state index contributed by atoms with van der Waals surface area (Å²) in [5.74, 6) is -0.0324. The van der Waals surface area contributed by atoms with E-state index in [1.165, 1.54) is 43.5 Å². The first kappa shape index (κ1) is 20.4. The molecule has 146 valence electrons. The highest BCUT2D eigenvalue weighted by molar-refractivity contribution is 5.93. The summed E-state index contributed by atoms with van der Waals surface area (Å²) < 4.78 is 10.5. The zero-order chi connectivity index (χ0) is 20.7. The van der Waals surface area contributed by atoms with E-state index in [-0.39, 0.29) is 22.8 Å². The fourth-order valence-corrected chi connectivity index (χ4v) is 2.37. The molecule has 2 rings (SSSR count). The van der Waals surface area contributed by atoms with Gasteiger partial charge in [0, 0.05) is 29.8 Å². The number of nitrogens with one attached hydrogen (secondary N) is 1. The third-order valence-electron chi connectivity index (χ3n) is 3.65. The van der Waals surface area contributed by atoms with Crippen LogP contribution in [0.5, 0.6) is 11.5 Å². The number of anilines is 1. The normalized spacial score (nSPS) is 10.0. The Morgan fingerprint density at radius 2 is 1.71 bits per heavy atom. The number of carbonyl (C=O) groups excluding carboxylic acids is 1. The lowest BCUT2D eigenvalue weighted by molar-refractivity contribution is -0.385. The topological polar surface area (TPSA) is 134 Å². The van der Waals surface area contributed by atoms with Gasteiger partial charge in [-0.1, -0.05) is 6.08 Å². The SMILES string of the molecule is C=CCc1cc([N+](=O)[O-])ccc1OCC(=O)Nc1cc([N+](=O)[O-])ccc1OC. The molecule has 0 atom stereocenters. The summed E-state index contributed by atoms with van der Waals surface area (Å²) in [6, 6.07) is 7.81. The second-order valence-electron chi connectivity index (χ2n) is 5.52. The fourth-order valence-electron chi connectivity index (χ4n) is 2.37. The number of allylic oxidation sites excluding steroid dienone is 1. The van der Waals surface area contributed by atoms with E-state index in [0.29, 0.717) is 17.7 Å². The maximum atomic E-state index is 12.2. The molecule has 28 heavy (non-hydrogen) atoms. The zero-order valence-electron chi connectivity index (χ0n) is 14.9. The Morgan fingerprint density at radius 3 is 2.29 bits per heavy atom. The number of ether oxygens (including phenoxy) is 2. The molecular weight excluding hydrogens is 370 g/mol. The number of nitro benzene ring substituents is 2. The highest BCUT2D eigenvalue weighted by Gasteiger charge is 2.15. The number of nitrogens with zero attached hydrogens (tertiary/aromatic N) is 2. The van der Waals surface area contributed by atoms with E-state index in [4.69, 9.17) is 9.47 Å². The van der Waals surface area contributed by atoms with Crippen molar-refractivity contribution in [3.63, 3.8) is 0 Å². The third kappa shape index (κ3) is 5.04. The van der Waals surface area contributed by atoms with Crippen LogP contribution in [0.4, 0.5) is 17.1 Å². The van der Waals surface area contributed by atoms with Gasteiger partial charge in [0.1, 0.15) is 11.5 Å². The summed E-state index contributed by atoms with van der Waals surface area (Å²) in [7, 11) is 1.37. The molecule has 0 aromatic heterocycles. The first-order chi connectivity index (χ1) is 13.3. The lowest BCUT2D eigenvalue weighted by atomic mass is 10.1. The molecule has 2 aromatic rings. The lowest BCUT2D eigenvalue weighted by Crippen LogP contribution is -2.21. The molecule has 0 aliphatic rings. The second kappa shape index (κ2) is 9.12. The van der Waals surface area contributed by atoms with Crippen LogP contribution in [0.25, 0.3) is 0 Å². The van der Waals surface area contributed by atoms with Gasteiger partial charge in [-0.05, 0) is 18.6 Å². The van der Waals surface area contributed by atoms with Crippen LogP contribution in [0, 0.1) is 20.2 Å². The second-order valence-corrected chi connectivity index (χ2v) is 5.52. The summed E-state index contributed by atoms with van der Waals surface area (Å²) in [6.07, 6.45) is 1.87. The number of amides is 1. The van der Waals surface area contributed by atoms with Crippen molar-refractivity contribution in [3.8, 4) is 11.5 Å². The van der Waals surface area contributed by atoms with Crippen molar-refractivity contribution in [1.82, 2.24) is 0 Å². The van der Waals surface area contributed by atoms with Crippen LogP contribution in [0.15, 0.2) is 49.1 Å². The van der Waals surface area contributed by atoms with E-state index in [0.717, 1.165) is 0 Å². The maximum absolute atomic E-state index is 12.2. The van der Waals surface area contributed by atoms with Gasteiger partial charge >= 0.3 is 0 Å². The van der Waals surface area contributed by atoms with Crippen LogP contribution in [-0.4, -0.2) is 29.5 Å². The largest absolute Gasteiger partial charge is 0.495 e. The number of hydrogen-bond acceptors (Lipinski definition) is 7. The molecule has 0 spiro atoms. The third-order valence-corrected chi connectivity index (χ3v) is 3.65. The number of methoxy groups -OCH3 is 1. The van der Waals surface area contributed by atoms with E-state index in [2.05, 4.69) is 11.9 Å². The Kier molecular flexibility index (Phi) is 6.63. The van der Waals surface area contributed by atoms with Gasteiger partial charge in [-0.3, -0.25) is 25.0 Å². The van der Waals surface area contributed by atoms with Gasteiger partial charge in [0.05, 0.1) is 22.6 Å². The van der Waals surface area contributed by atoms with Crippen molar-refractivity contribution in [2.75, 3.05) is 19.0 Å². The summed E-state index contributed by atoms with van der Waals surface area (Å²) in [5, 5.41) is 24.3. The predicted octanol–water partition coefficient (Wildman–Crippen LogP) is 3.26. The average Bonchev–Trinajstić information content (AvgIpc) is 2.67. The number of benzene rings is 2. The van der Waals surface area contributed by atoms with Crippen LogP contribution >= 0.6 is 0 Å². The first-order valence-corrected chi connectivity index (χ1v) is 7.99. The van der Waals surface area contributed by atoms with Crippen molar-refractivity contribution in [1.29, 1.82) is 0 Å². The molecule has 0 unspecified atom stereocenters. The molecule has 0 aliphatic heterocycles. The van der Waals surface area contributed by atoms with Crippen LogP contribution < -0.4 is 14.8 Å². The number of non-ortho nitro benzene ring substituents is 2. The monoisotopic (exact) mass is 387 g/mol. The van der Waals surface area contributed by atoms with Gasteiger partial charge in [0.15, 0.2) is 6.61 Å². The van der Waals surface area contributed by atoms with E-state index in [1.54, 1.807) is 6.08 Å². The minimum Gasteiger partial charge on any atom is -0.495 e. The quantitative estimate of drug-likeness (QED) is 0.396. The van der Waals surface area contributed by atoms with Crippen LogP contribution in [0.2, 0.25) is 0 Å². The molecule has 10 nitrogen and oxygen atoms in total. The highest BCUT2D eigenvalue weighted by atomic mass is 16.6. The molecular formula is C18H17N3O7. The molecule has 0 saturated carbocycles. The molecule has 1 N–H and O–H groups in total. The summed E-state index contributed by atoms with van der Waals surface area (Å²) in [5.41, 5.74) is 0.320. The smallest absolute Gasteiger partial charge is 0.271 e. The van der Waals surface area contributed by atoms with E-state index >= 15 is 0 Å². The molecule has 0 radical (unpaired) electrons. The Hall–Kier alpha value is -3.95. The number of hydrogen-bond donors (Lipinski definition) is 1. The van der Waals surface area contributed by atoms with Crippen molar-refractivity contribution in [2.45, 2.75) is 6.42 Å². The molecule has 0 aliphatic carbocycles. The molecule has 2 aromatic carbocycles. The molecule has 0 bridgehead atoms. The summed E-state index contributed by atoms with van der Waals surface area (Å²) >= 11 is 0. The molecule has 0 heterocycles. The van der Waals surface area contributed by atoms with Gasteiger partial charge < -0.3 is 14.8 Å². The van der Waals surface area contributed by atoms with Crippen LogP contribution in [0.3, 0.4) is 0 Å². The predicted molar refractivity (Wildman–Crippen MR) is 101 cm³/mol. The van der Waals surface area contributed by atoms with Crippen LogP contribution in [0.1, 0.15) is 5.56 Å². The standard InChI is InChI=1S/C18H17N3O7/c1-3-4-12-9-13(20(23)24)5-7-16(12)28-11-18(22)19-15-10-14(21(25)26)6-8-17(15)27-2/h3,5-10H,1,4,11H2,2H3,(H,19,22). The molecule has 0 saturated heterocycles. The number of rotatable bonds is 9. The maximum Gasteiger partial charge on any atom is 0.271 e. The van der Waals surface area contributed by atoms with Crippen LogP contribution in [-0.2, 0) is 11.2 Å². The summed E-state index contributed by atoms with van der Waals surface area (Å²) in [4.78, 5) is 32.9. The lowest BCUT2D eigenvalue weighted by Gasteiger charge is -2.12. The van der Waals surface area contributed by atoms with Gasteiger partial charge in [0.25, 0.3) is 17.3 Å². The van der Waals surface area contributed by atoms with Gasteiger partial charge in [0.2, 0.25) is 0 Å². The van der Waals surface area contributed by atoms with E-state index in [1.807, 2.05) is 0 Å². The number of nitro groups is 2. The Labute approximate surface area is 159 Å². The molecule has 10 heteroatoms. The molecule has 1 amide bonds. The first-order valence-electron chi connectivity index (χ1n) is 7.99. The van der Waals surface area contributed by atoms with Gasteiger partial charge in [-0.15, -0.1) is 6.58 Å². The Morgan fingerprint density at radius 1 is 1.11 bits per heavy atom. The Balaban J connectivity index is 2.12. The zero-order valence-corrected chi connectivity index (χ0v) is 14.9. The number of carbonyl (C=O) groups is 1. The minimum absolute atomic E-state index is 0.102. The van der Waals surface area contributed by atoms with E-state index < -0.39 is 22.4 Å². The van der Waals surface area contributed by atoms with E-state index in [9.17, 15) is 25.0 Å². The molecule has 0 fully saturated rings. The fraction of sp³-hybridized carbons (Fsp3) is 0.167. The van der Waals surface area contributed by atoms with Crippen molar-refractivity contribution >= 4 is 23.0 Å². The summed E-state index contributed by atoms with van der Waals surface area (Å²) in [6.45, 7) is 3.18. The minimum atomic E-state index is -0.593. The van der Waals surface area contributed by atoms with Crippen molar-refractivity contribution in [3.05, 3.63) is 74.8 Å². The highest BCUT2D eigenvalue weighted by Crippen LogP contribution is 2.29. The average molecular weight is 387 g/mol. The van der Waals surface area contributed by atoms with Gasteiger partial charge in [-0.25, -0.2) is 0 Å². The Bertz CT molecular complexity index is 927. The van der Waals surface area contributed by atoms with Gasteiger partial charge in [-0.2, -0.15) is 0 Å². The van der Waals surface area contributed by atoms with Crippen molar-refractivity contribution < 1.29 is 24.1 Å². The van der Waals surface area contributed by atoms with Crippen molar-refractivity contribution in [2.24, 2.45) is 0 Å².